The molecule has 2 aromatic rings. The summed E-state index contributed by atoms with van der Waals surface area (Å²) >= 11 is 5.85. The highest BCUT2D eigenvalue weighted by atomic mass is 35.5. The Morgan fingerprint density at radius 3 is 2.94 bits per heavy atom. The average Bonchev–Trinajstić information content (AvgIpc) is 2.55. The van der Waals surface area contributed by atoms with E-state index in [9.17, 15) is 4.79 Å². The maximum absolute atomic E-state index is 10.8. The summed E-state index contributed by atoms with van der Waals surface area (Å²) in [5.74, 6) is -1.10. The van der Waals surface area contributed by atoms with Gasteiger partial charge >= 0.3 is 5.97 Å². The molecule has 84 valence electrons. The van der Waals surface area contributed by atoms with Gasteiger partial charge in [-0.3, -0.25) is 9.48 Å². The smallest absolute Gasteiger partial charge is 0.326 e. The molecular formula is C10H10ClN3O2. The Labute approximate surface area is 96.4 Å². The fourth-order valence-corrected chi connectivity index (χ4v) is 1.77. The van der Waals surface area contributed by atoms with E-state index in [-0.39, 0.29) is 0 Å². The maximum Gasteiger partial charge on any atom is 0.326 e. The first kappa shape index (κ1) is 10.9. The van der Waals surface area contributed by atoms with E-state index in [0.717, 1.165) is 5.52 Å². The molecular weight excluding hydrogens is 230 g/mol. The van der Waals surface area contributed by atoms with Crippen LogP contribution in [0.3, 0.4) is 0 Å². The first-order valence-electron chi connectivity index (χ1n) is 4.61. The van der Waals surface area contributed by atoms with E-state index in [2.05, 4.69) is 5.10 Å². The second kappa shape index (κ2) is 3.77. The molecule has 0 radical (unpaired) electrons. The molecule has 6 heteroatoms. The fourth-order valence-electron chi connectivity index (χ4n) is 1.61. The number of hydrogen-bond acceptors (Lipinski definition) is 3. The zero-order chi connectivity index (χ0) is 11.9. The molecule has 1 heterocycles. The summed E-state index contributed by atoms with van der Waals surface area (Å²) in [5, 5.41) is 14.2. The van der Waals surface area contributed by atoms with Gasteiger partial charge in [-0.1, -0.05) is 11.6 Å². The monoisotopic (exact) mass is 239 g/mol. The van der Waals surface area contributed by atoms with E-state index in [1.54, 1.807) is 29.9 Å². The maximum atomic E-state index is 10.8. The Bertz CT molecular complexity index is 564. The van der Waals surface area contributed by atoms with Crippen molar-refractivity contribution in [3.63, 3.8) is 0 Å². The summed E-state index contributed by atoms with van der Waals surface area (Å²) in [6.07, 6.45) is 0. The molecule has 0 aliphatic heterocycles. The number of carboxylic acids is 1. The molecule has 0 spiro atoms. The quantitative estimate of drug-likeness (QED) is 0.828. The number of benzene rings is 1. The predicted octanol–water partition coefficient (Wildman–Crippen LogP) is 1.31. The van der Waals surface area contributed by atoms with Gasteiger partial charge in [-0.05, 0) is 18.2 Å². The van der Waals surface area contributed by atoms with Crippen LogP contribution < -0.4 is 5.73 Å². The van der Waals surface area contributed by atoms with Gasteiger partial charge in [-0.15, -0.1) is 0 Å². The normalized spacial score (nSPS) is 12.9. The SMILES string of the molecule is Cn1nc(C(N)C(=O)O)c2ccc(Cl)cc21. The number of hydrogen-bond donors (Lipinski definition) is 2. The molecule has 1 atom stereocenters. The van der Waals surface area contributed by atoms with Crippen molar-refractivity contribution in [3.8, 4) is 0 Å². The number of aromatic nitrogens is 2. The lowest BCUT2D eigenvalue weighted by atomic mass is 10.1. The minimum absolute atomic E-state index is 0.349. The first-order chi connectivity index (χ1) is 7.50. The summed E-state index contributed by atoms with van der Waals surface area (Å²) in [6, 6.07) is 4.01. The van der Waals surface area contributed by atoms with E-state index in [0.29, 0.717) is 16.1 Å². The van der Waals surface area contributed by atoms with Crippen LogP contribution in [0.15, 0.2) is 18.2 Å². The second-order valence-corrected chi connectivity index (χ2v) is 3.92. The van der Waals surface area contributed by atoms with Crippen molar-refractivity contribution in [2.45, 2.75) is 6.04 Å². The summed E-state index contributed by atoms with van der Waals surface area (Å²) in [6.45, 7) is 0. The van der Waals surface area contributed by atoms with E-state index in [1.807, 2.05) is 0 Å². The predicted molar refractivity (Wildman–Crippen MR) is 60.3 cm³/mol. The van der Waals surface area contributed by atoms with Crippen LogP contribution in [0.25, 0.3) is 10.9 Å². The van der Waals surface area contributed by atoms with Crippen molar-refractivity contribution in [1.82, 2.24) is 9.78 Å². The third-order valence-corrected chi connectivity index (χ3v) is 2.64. The number of fused-ring (bicyclic) bond motifs is 1. The van der Waals surface area contributed by atoms with Crippen LogP contribution in [-0.2, 0) is 11.8 Å². The minimum Gasteiger partial charge on any atom is -0.480 e. The Morgan fingerprint density at radius 2 is 2.31 bits per heavy atom. The number of carbonyl (C=O) groups is 1. The van der Waals surface area contributed by atoms with Crippen LogP contribution in [0.5, 0.6) is 0 Å². The Hall–Kier alpha value is -1.59. The van der Waals surface area contributed by atoms with Gasteiger partial charge < -0.3 is 10.8 Å². The van der Waals surface area contributed by atoms with Gasteiger partial charge in [0, 0.05) is 17.5 Å². The number of nitrogens with two attached hydrogens (primary N) is 1. The third kappa shape index (κ3) is 1.64. The summed E-state index contributed by atoms with van der Waals surface area (Å²) in [4.78, 5) is 10.8. The molecule has 2 rings (SSSR count). The number of aliphatic carboxylic acids is 1. The molecule has 0 bridgehead atoms. The van der Waals surface area contributed by atoms with Crippen LogP contribution in [-0.4, -0.2) is 20.9 Å². The van der Waals surface area contributed by atoms with Crippen LogP contribution in [0.2, 0.25) is 5.02 Å². The number of nitrogens with zero attached hydrogens (tertiary/aromatic N) is 2. The number of aryl methyl sites for hydroxylation is 1. The lowest BCUT2D eigenvalue weighted by molar-refractivity contribution is -0.138. The molecule has 1 unspecified atom stereocenters. The van der Waals surface area contributed by atoms with E-state index in [1.165, 1.54) is 0 Å². The highest BCUT2D eigenvalue weighted by Gasteiger charge is 2.21. The summed E-state index contributed by atoms with van der Waals surface area (Å²) < 4.78 is 1.57. The van der Waals surface area contributed by atoms with Crippen LogP contribution in [0, 0.1) is 0 Å². The number of halogens is 1. The van der Waals surface area contributed by atoms with Crippen LogP contribution >= 0.6 is 11.6 Å². The molecule has 1 aromatic carbocycles. The Balaban J connectivity index is 2.68. The molecule has 0 amide bonds. The van der Waals surface area contributed by atoms with E-state index < -0.39 is 12.0 Å². The Morgan fingerprint density at radius 1 is 1.62 bits per heavy atom. The van der Waals surface area contributed by atoms with E-state index >= 15 is 0 Å². The summed E-state index contributed by atoms with van der Waals surface area (Å²) in [5.41, 5.74) is 6.66. The molecule has 1 aromatic heterocycles. The average molecular weight is 240 g/mol. The first-order valence-corrected chi connectivity index (χ1v) is 4.99. The van der Waals surface area contributed by atoms with Crippen molar-refractivity contribution in [1.29, 1.82) is 0 Å². The van der Waals surface area contributed by atoms with Gasteiger partial charge in [0.1, 0.15) is 6.04 Å². The minimum atomic E-state index is -1.12. The van der Waals surface area contributed by atoms with Gasteiger partial charge in [0.2, 0.25) is 0 Å². The summed E-state index contributed by atoms with van der Waals surface area (Å²) in [7, 11) is 1.72. The molecule has 0 aliphatic rings. The number of rotatable bonds is 2. The largest absolute Gasteiger partial charge is 0.480 e. The molecule has 0 saturated heterocycles. The highest BCUT2D eigenvalue weighted by Crippen LogP contribution is 2.25. The molecule has 16 heavy (non-hydrogen) atoms. The third-order valence-electron chi connectivity index (χ3n) is 2.40. The van der Waals surface area contributed by atoms with Gasteiger partial charge in [-0.2, -0.15) is 5.10 Å². The van der Waals surface area contributed by atoms with Gasteiger partial charge in [0.15, 0.2) is 0 Å². The number of carboxylic acid groups (broad SMARTS) is 1. The van der Waals surface area contributed by atoms with E-state index in [4.69, 9.17) is 22.4 Å². The van der Waals surface area contributed by atoms with Crippen molar-refractivity contribution in [3.05, 3.63) is 28.9 Å². The van der Waals surface area contributed by atoms with Crippen LogP contribution in [0.4, 0.5) is 0 Å². The zero-order valence-electron chi connectivity index (χ0n) is 8.51. The zero-order valence-corrected chi connectivity index (χ0v) is 9.27. The van der Waals surface area contributed by atoms with Crippen molar-refractivity contribution < 1.29 is 9.90 Å². The van der Waals surface area contributed by atoms with Gasteiger partial charge in [-0.25, -0.2) is 0 Å². The van der Waals surface area contributed by atoms with Crippen molar-refractivity contribution in [2.24, 2.45) is 12.8 Å². The Kier molecular flexibility index (Phi) is 2.57. The van der Waals surface area contributed by atoms with Crippen LogP contribution in [0.1, 0.15) is 11.7 Å². The lowest BCUT2D eigenvalue weighted by Gasteiger charge is -2.02. The van der Waals surface area contributed by atoms with Gasteiger partial charge in [0.05, 0.1) is 11.2 Å². The van der Waals surface area contributed by atoms with Crippen molar-refractivity contribution in [2.75, 3.05) is 0 Å². The topological polar surface area (TPSA) is 81.1 Å². The molecule has 0 fully saturated rings. The lowest BCUT2D eigenvalue weighted by Crippen LogP contribution is -2.21. The molecule has 3 N–H and O–H groups in total. The molecule has 5 nitrogen and oxygen atoms in total. The molecule has 0 saturated carbocycles. The highest BCUT2D eigenvalue weighted by molar-refractivity contribution is 6.31. The standard InChI is InChI=1S/C10H10ClN3O2/c1-14-7-4-5(11)2-3-6(7)9(13-14)8(12)10(15)16/h2-4,8H,12H2,1H3,(H,15,16). The fraction of sp³-hybridized carbons (Fsp3) is 0.200. The van der Waals surface area contributed by atoms with Crippen molar-refractivity contribution >= 4 is 28.5 Å². The van der Waals surface area contributed by atoms with Gasteiger partial charge in [0.25, 0.3) is 0 Å². The second-order valence-electron chi connectivity index (χ2n) is 3.49. The molecule has 0 aliphatic carbocycles.